The van der Waals surface area contributed by atoms with Gasteiger partial charge < -0.3 is 0 Å². The van der Waals surface area contributed by atoms with Gasteiger partial charge in [-0.2, -0.15) is 0 Å². The van der Waals surface area contributed by atoms with Gasteiger partial charge in [-0.15, -0.1) is 0 Å². The molecule has 2 nitrogen and oxygen atoms in total. The van der Waals surface area contributed by atoms with Crippen molar-refractivity contribution in [3.8, 4) is 0 Å². The molecule has 0 saturated heterocycles. The van der Waals surface area contributed by atoms with Gasteiger partial charge in [0.05, 0.1) is 6.04 Å². The van der Waals surface area contributed by atoms with Gasteiger partial charge in [-0.05, 0) is 30.0 Å². The number of hydrogen-bond acceptors (Lipinski definition) is 2. The highest BCUT2D eigenvalue weighted by molar-refractivity contribution is 5.35. The zero-order chi connectivity index (χ0) is 13.0. The van der Waals surface area contributed by atoms with E-state index in [1.54, 1.807) is 0 Å². The van der Waals surface area contributed by atoms with Crippen LogP contribution in [0.3, 0.4) is 0 Å². The first-order valence-corrected chi connectivity index (χ1v) is 6.36. The minimum Gasteiger partial charge on any atom is -0.271 e. The third-order valence-corrected chi connectivity index (χ3v) is 3.26. The maximum absolute atomic E-state index is 5.71. The van der Waals surface area contributed by atoms with Crippen LogP contribution in [-0.4, -0.2) is 0 Å². The van der Waals surface area contributed by atoms with E-state index < -0.39 is 0 Å². The molecular weight excluding hydrogens is 220 g/mol. The average molecular weight is 240 g/mol. The predicted molar refractivity (Wildman–Crippen MR) is 76.2 cm³/mol. The first kappa shape index (κ1) is 12.8. The molecule has 2 rings (SSSR count). The van der Waals surface area contributed by atoms with Crippen molar-refractivity contribution >= 4 is 0 Å². The smallest absolute Gasteiger partial charge is 0.0710 e. The van der Waals surface area contributed by atoms with Gasteiger partial charge in [0.1, 0.15) is 0 Å². The Labute approximate surface area is 109 Å². The van der Waals surface area contributed by atoms with E-state index in [1.165, 1.54) is 22.3 Å². The second-order valence-electron chi connectivity index (χ2n) is 4.61. The largest absolute Gasteiger partial charge is 0.271 e. The van der Waals surface area contributed by atoms with Gasteiger partial charge in [-0.1, -0.05) is 61.0 Å². The first-order chi connectivity index (χ1) is 8.74. The summed E-state index contributed by atoms with van der Waals surface area (Å²) in [4.78, 5) is 0. The van der Waals surface area contributed by atoms with Crippen LogP contribution in [0.15, 0.2) is 48.5 Å². The lowest BCUT2D eigenvalue weighted by Crippen LogP contribution is -2.28. The van der Waals surface area contributed by atoms with Crippen LogP contribution < -0.4 is 11.3 Å². The molecule has 0 saturated carbocycles. The molecule has 0 aliphatic carbocycles. The van der Waals surface area contributed by atoms with Crippen LogP contribution in [0.1, 0.15) is 35.2 Å². The Hall–Kier alpha value is -1.64. The Morgan fingerprint density at radius 3 is 2.33 bits per heavy atom. The second kappa shape index (κ2) is 5.80. The standard InChI is InChI=1S/C16H20N2/c1-3-13-7-9-14(10-8-13)16(18-17)15-6-4-5-12(2)11-15/h4-11,16,18H,3,17H2,1-2H3. The van der Waals surface area contributed by atoms with E-state index in [9.17, 15) is 0 Å². The summed E-state index contributed by atoms with van der Waals surface area (Å²) >= 11 is 0. The minimum atomic E-state index is 0.0517. The van der Waals surface area contributed by atoms with Crippen LogP contribution in [0.25, 0.3) is 0 Å². The lowest BCUT2D eigenvalue weighted by Gasteiger charge is -2.17. The fraction of sp³-hybridized carbons (Fsp3) is 0.250. The number of nitrogens with two attached hydrogens (primary N) is 1. The number of nitrogens with one attached hydrogen (secondary N) is 1. The molecule has 0 aliphatic rings. The molecule has 2 aromatic rings. The van der Waals surface area contributed by atoms with Gasteiger partial charge in [0.2, 0.25) is 0 Å². The fourth-order valence-corrected chi connectivity index (χ4v) is 2.18. The van der Waals surface area contributed by atoms with Gasteiger partial charge in [-0.25, -0.2) is 5.43 Å². The summed E-state index contributed by atoms with van der Waals surface area (Å²) < 4.78 is 0. The highest BCUT2D eigenvalue weighted by atomic mass is 15.2. The molecule has 1 unspecified atom stereocenters. The van der Waals surface area contributed by atoms with Crippen molar-refractivity contribution in [2.24, 2.45) is 5.84 Å². The van der Waals surface area contributed by atoms with Gasteiger partial charge in [-0.3, -0.25) is 5.84 Å². The van der Waals surface area contributed by atoms with Crippen LogP contribution in [0, 0.1) is 6.92 Å². The fourth-order valence-electron chi connectivity index (χ4n) is 2.18. The molecule has 18 heavy (non-hydrogen) atoms. The Morgan fingerprint density at radius 2 is 1.78 bits per heavy atom. The van der Waals surface area contributed by atoms with Gasteiger partial charge in [0, 0.05) is 0 Å². The normalized spacial score (nSPS) is 12.4. The number of rotatable bonds is 4. The van der Waals surface area contributed by atoms with Crippen LogP contribution >= 0.6 is 0 Å². The maximum Gasteiger partial charge on any atom is 0.0710 e. The summed E-state index contributed by atoms with van der Waals surface area (Å²) in [5.41, 5.74) is 7.88. The van der Waals surface area contributed by atoms with E-state index >= 15 is 0 Å². The number of aryl methyl sites for hydroxylation is 2. The minimum absolute atomic E-state index is 0.0517. The zero-order valence-corrected chi connectivity index (χ0v) is 11.0. The van der Waals surface area contributed by atoms with Crippen LogP contribution in [0.4, 0.5) is 0 Å². The first-order valence-electron chi connectivity index (χ1n) is 6.36. The topological polar surface area (TPSA) is 38.0 Å². The Morgan fingerprint density at radius 1 is 1.06 bits per heavy atom. The molecule has 1 atom stereocenters. The second-order valence-corrected chi connectivity index (χ2v) is 4.61. The molecule has 0 aromatic heterocycles. The molecule has 0 radical (unpaired) electrons. The van der Waals surface area contributed by atoms with E-state index in [0.717, 1.165) is 6.42 Å². The van der Waals surface area contributed by atoms with Crippen LogP contribution in [0.5, 0.6) is 0 Å². The van der Waals surface area contributed by atoms with Crippen molar-refractivity contribution in [1.29, 1.82) is 0 Å². The Balaban J connectivity index is 2.32. The molecule has 0 amide bonds. The van der Waals surface area contributed by atoms with E-state index in [2.05, 4.69) is 67.8 Å². The van der Waals surface area contributed by atoms with Crippen molar-refractivity contribution in [3.63, 3.8) is 0 Å². The van der Waals surface area contributed by atoms with E-state index in [4.69, 9.17) is 5.84 Å². The van der Waals surface area contributed by atoms with E-state index in [1.807, 2.05) is 0 Å². The molecule has 2 aromatic carbocycles. The molecule has 2 heteroatoms. The maximum atomic E-state index is 5.71. The molecular formula is C16H20N2. The number of hydrogen-bond donors (Lipinski definition) is 2. The summed E-state index contributed by atoms with van der Waals surface area (Å²) in [6.07, 6.45) is 1.06. The van der Waals surface area contributed by atoms with Crippen LogP contribution in [-0.2, 0) is 6.42 Å². The van der Waals surface area contributed by atoms with E-state index in [0.29, 0.717) is 0 Å². The summed E-state index contributed by atoms with van der Waals surface area (Å²) in [5, 5.41) is 0. The summed E-state index contributed by atoms with van der Waals surface area (Å²) in [5.74, 6) is 5.71. The van der Waals surface area contributed by atoms with Gasteiger partial charge in [0.15, 0.2) is 0 Å². The number of benzene rings is 2. The lowest BCUT2D eigenvalue weighted by atomic mass is 9.97. The Kier molecular flexibility index (Phi) is 4.13. The molecule has 94 valence electrons. The number of hydrazine groups is 1. The summed E-state index contributed by atoms with van der Waals surface area (Å²) in [7, 11) is 0. The monoisotopic (exact) mass is 240 g/mol. The third-order valence-electron chi connectivity index (χ3n) is 3.26. The van der Waals surface area contributed by atoms with Crippen molar-refractivity contribution in [2.75, 3.05) is 0 Å². The van der Waals surface area contributed by atoms with Crippen LogP contribution in [0.2, 0.25) is 0 Å². The molecule has 3 N–H and O–H groups in total. The SMILES string of the molecule is CCc1ccc(C(NN)c2cccc(C)c2)cc1. The van der Waals surface area contributed by atoms with Crippen molar-refractivity contribution in [3.05, 3.63) is 70.8 Å². The predicted octanol–water partition coefficient (Wildman–Crippen LogP) is 3.11. The highest BCUT2D eigenvalue weighted by Crippen LogP contribution is 2.22. The molecule has 0 heterocycles. The highest BCUT2D eigenvalue weighted by Gasteiger charge is 2.11. The van der Waals surface area contributed by atoms with Crippen molar-refractivity contribution in [1.82, 2.24) is 5.43 Å². The Bertz CT molecular complexity index is 503. The lowest BCUT2D eigenvalue weighted by molar-refractivity contribution is 0.636. The molecule has 0 bridgehead atoms. The van der Waals surface area contributed by atoms with Crippen molar-refractivity contribution in [2.45, 2.75) is 26.3 Å². The van der Waals surface area contributed by atoms with Gasteiger partial charge in [0.25, 0.3) is 0 Å². The summed E-state index contributed by atoms with van der Waals surface area (Å²) in [6, 6.07) is 17.1. The molecule has 0 spiro atoms. The quantitative estimate of drug-likeness (QED) is 0.636. The zero-order valence-electron chi connectivity index (χ0n) is 11.0. The van der Waals surface area contributed by atoms with Gasteiger partial charge >= 0.3 is 0 Å². The van der Waals surface area contributed by atoms with E-state index in [-0.39, 0.29) is 6.04 Å². The molecule has 0 aliphatic heterocycles. The molecule has 0 fully saturated rings. The summed E-state index contributed by atoms with van der Waals surface area (Å²) in [6.45, 7) is 4.26. The van der Waals surface area contributed by atoms with Crippen molar-refractivity contribution < 1.29 is 0 Å². The third kappa shape index (κ3) is 2.78. The average Bonchev–Trinajstić information content (AvgIpc) is 2.40.